The number of hydrogen-bond acceptors (Lipinski definition) is 1. The fraction of sp³-hybridized carbons (Fsp3) is 0.417. The van der Waals surface area contributed by atoms with Gasteiger partial charge >= 0.3 is 5.97 Å². The Bertz CT molecular complexity index is 436. The molecule has 0 aliphatic carbocycles. The first-order valence-corrected chi connectivity index (χ1v) is 6.13. The van der Waals surface area contributed by atoms with Gasteiger partial charge in [0.1, 0.15) is 0 Å². The van der Waals surface area contributed by atoms with Crippen LogP contribution < -0.4 is 0 Å². The number of carboxylic acids is 1. The van der Waals surface area contributed by atoms with Gasteiger partial charge in [0, 0.05) is 23.4 Å². The first kappa shape index (κ1) is 15.2. The van der Waals surface area contributed by atoms with Gasteiger partial charge in [0.2, 0.25) is 0 Å². The van der Waals surface area contributed by atoms with Crippen molar-refractivity contribution in [2.75, 3.05) is 0 Å². The predicted octanol–water partition coefficient (Wildman–Crippen LogP) is 4.73. The van der Waals surface area contributed by atoms with Crippen LogP contribution in [0, 0.1) is 0 Å². The van der Waals surface area contributed by atoms with E-state index in [-0.39, 0.29) is 29.8 Å². The largest absolute Gasteiger partial charge is 0.481 e. The molecule has 0 spiro atoms. The van der Waals surface area contributed by atoms with Crippen LogP contribution in [0.5, 0.6) is 0 Å². The van der Waals surface area contributed by atoms with E-state index in [4.69, 9.17) is 28.3 Å². The molecular formula is C12H12Cl2F2O2. The van der Waals surface area contributed by atoms with Crippen LogP contribution in [0.25, 0.3) is 0 Å². The molecule has 100 valence electrons. The lowest BCUT2D eigenvalue weighted by Gasteiger charge is -2.18. The van der Waals surface area contributed by atoms with Crippen molar-refractivity contribution in [3.63, 3.8) is 0 Å². The molecule has 1 rings (SSSR count). The van der Waals surface area contributed by atoms with E-state index < -0.39 is 18.3 Å². The second-order valence-corrected chi connectivity index (χ2v) is 4.77. The number of halogens is 4. The molecule has 6 heteroatoms. The highest BCUT2D eigenvalue weighted by Gasteiger charge is 2.33. The first-order valence-electron chi connectivity index (χ1n) is 5.38. The highest BCUT2D eigenvalue weighted by Crippen LogP contribution is 2.38. The Labute approximate surface area is 114 Å². The third-order valence-corrected chi connectivity index (χ3v) is 3.00. The van der Waals surface area contributed by atoms with Crippen LogP contribution in [-0.2, 0) is 10.7 Å². The van der Waals surface area contributed by atoms with Gasteiger partial charge in [-0.2, -0.15) is 0 Å². The first-order chi connectivity index (χ1) is 8.33. The van der Waals surface area contributed by atoms with Crippen molar-refractivity contribution in [1.82, 2.24) is 0 Å². The van der Waals surface area contributed by atoms with Crippen molar-refractivity contribution in [3.05, 3.63) is 33.8 Å². The van der Waals surface area contributed by atoms with E-state index >= 15 is 0 Å². The molecule has 0 aromatic heterocycles. The normalized spacial score (nSPS) is 11.6. The van der Waals surface area contributed by atoms with Crippen LogP contribution >= 0.6 is 23.2 Å². The van der Waals surface area contributed by atoms with Crippen molar-refractivity contribution in [2.45, 2.75) is 31.6 Å². The van der Waals surface area contributed by atoms with Gasteiger partial charge in [0.25, 0.3) is 5.92 Å². The summed E-state index contributed by atoms with van der Waals surface area (Å²) in [4.78, 5) is 10.3. The molecule has 0 saturated carbocycles. The fourth-order valence-electron chi connectivity index (χ4n) is 1.54. The summed E-state index contributed by atoms with van der Waals surface area (Å²) >= 11 is 11.4. The van der Waals surface area contributed by atoms with Gasteiger partial charge in [-0.15, -0.1) is 0 Å². The van der Waals surface area contributed by atoms with Crippen molar-refractivity contribution >= 4 is 29.2 Å². The average molecular weight is 297 g/mol. The molecule has 0 heterocycles. The Morgan fingerprint density at radius 3 is 2.50 bits per heavy atom. The lowest BCUT2D eigenvalue weighted by molar-refractivity contribution is -0.137. The lowest BCUT2D eigenvalue weighted by Crippen LogP contribution is -2.14. The minimum Gasteiger partial charge on any atom is -0.481 e. The molecule has 2 nitrogen and oxygen atoms in total. The molecule has 0 saturated heterocycles. The Kier molecular flexibility index (Phi) is 5.35. The minimum atomic E-state index is -3.07. The molecule has 0 bridgehead atoms. The minimum absolute atomic E-state index is 0.0780. The molecule has 1 N–H and O–H groups in total. The standard InChI is InChI=1S/C12H12Cl2F2O2/c13-8-4-5-9(10(14)7-8)12(15,16)6-2-1-3-11(17)18/h4-5,7H,1-3,6H2,(H,17,18). The summed E-state index contributed by atoms with van der Waals surface area (Å²) in [5.74, 6) is -4.05. The molecule has 0 atom stereocenters. The van der Waals surface area contributed by atoms with Crippen LogP contribution in [0.4, 0.5) is 8.78 Å². The van der Waals surface area contributed by atoms with Gasteiger partial charge < -0.3 is 5.11 Å². The summed E-state index contributed by atoms with van der Waals surface area (Å²) in [5.41, 5.74) is -0.274. The third kappa shape index (κ3) is 4.42. The van der Waals surface area contributed by atoms with E-state index in [1.165, 1.54) is 18.2 Å². The quantitative estimate of drug-likeness (QED) is 0.771. The molecule has 0 unspecified atom stereocenters. The molecule has 0 fully saturated rings. The molecular weight excluding hydrogens is 285 g/mol. The lowest BCUT2D eigenvalue weighted by atomic mass is 10.0. The van der Waals surface area contributed by atoms with Crippen LogP contribution in [-0.4, -0.2) is 11.1 Å². The average Bonchev–Trinajstić information content (AvgIpc) is 2.23. The predicted molar refractivity (Wildman–Crippen MR) is 66.5 cm³/mol. The molecule has 1 aromatic carbocycles. The van der Waals surface area contributed by atoms with Crippen molar-refractivity contribution < 1.29 is 18.7 Å². The Morgan fingerprint density at radius 1 is 1.28 bits per heavy atom. The maximum atomic E-state index is 13.8. The summed E-state index contributed by atoms with van der Waals surface area (Å²) in [6.45, 7) is 0. The number of carbonyl (C=O) groups is 1. The van der Waals surface area contributed by atoms with Gasteiger partial charge in [-0.25, -0.2) is 8.78 Å². The second kappa shape index (κ2) is 6.34. The maximum Gasteiger partial charge on any atom is 0.303 e. The summed E-state index contributed by atoms with van der Waals surface area (Å²) in [7, 11) is 0. The van der Waals surface area contributed by atoms with Gasteiger partial charge in [-0.3, -0.25) is 4.79 Å². The summed E-state index contributed by atoms with van der Waals surface area (Å²) in [6, 6.07) is 3.82. The van der Waals surface area contributed by atoms with E-state index in [0.717, 1.165) is 0 Å². The zero-order chi connectivity index (χ0) is 13.8. The van der Waals surface area contributed by atoms with Gasteiger partial charge in [0.05, 0.1) is 5.02 Å². The van der Waals surface area contributed by atoms with Crippen LogP contribution in [0.1, 0.15) is 31.2 Å². The second-order valence-electron chi connectivity index (χ2n) is 3.93. The number of rotatable bonds is 6. The van der Waals surface area contributed by atoms with Crippen LogP contribution in [0.2, 0.25) is 10.0 Å². The summed E-state index contributed by atoms with van der Waals surface area (Å²) in [5, 5.41) is 8.63. The van der Waals surface area contributed by atoms with Gasteiger partial charge in [-0.1, -0.05) is 29.3 Å². The van der Waals surface area contributed by atoms with Crippen molar-refractivity contribution in [1.29, 1.82) is 0 Å². The van der Waals surface area contributed by atoms with Gasteiger partial charge in [-0.05, 0) is 25.0 Å². The number of alkyl halides is 2. The highest BCUT2D eigenvalue weighted by molar-refractivity contribution is 6.35. The van der Waals surface area contributed by atoms with E-state index in [2.05, 4.69) is 0 Å². The third-order valence-electron chi connectivity index (χ3n) is 2.46. The molecule has 0 amide bonds. The van der Waals surface area contributed by atoms with Crippen molar-refractivity contribution in [2.24, 2.45) is 0 Å². The highest BCUT2D eigenvalue weighted by atomic mass is 35.5. The van der Waals surface area contributed by atoms with Crippen molar-refractivity contribution in [3.8, 4) is 0 Å². The number of carboxylic acid groups (broad SMARTS) is 1. The molecule has 1 aromatic rings. The zero-order valence-electron chi connectivity index (χ0n) is 9.43. The van der Waals surface area contributed by atoms with Gasteiger partial charge in [0.15, 0.2) is 0 Å². The van der Waals surface area contributed by atoms with E-state index in [0.29, 0.717) is 5.02 Å². The summed E-state index contributed by atoms with van der Waals surface area (Å²) in [6.07, 6.45) is -0.194. The Balaban J connectivity index is 2.64. The Hall–Kier alpha value is -0.870. The van der Waals surface area contributed by atoms with E-state index in [1.54, 1.807) is 0 Å². The zero-order valence-corrected chi connectivity index (χ0v) is 10.9. The number of unbranched alkanes of at least 4 members (excludes halogenated alkanes) is 1. The molecule has 0 aliphatic heterocycles. The fourth-order valence-corrected chi connectivity index (χ4v) is 2.09. The topological polar surface area (TPSA) is 37.3 Å². The SMILES string of the molecule is O=C(O)CCCCC(F)(F)c1ccc(Cl)cc1Cl. The Morgan fingerprint density at radius 2 is 1.94 bits per heavy atom. The smallest absolute Gasteiger partial charge is 0.303 e. The van der Waals surface area contributed by atoms with E-state index in [9.17, 15) is 13.6 Å². The molecule has 0 aliphatic rings. The molecule has 0 radical (unpaired) electrons. The number of hydrogen-bond donors (Lipinski definition) is 1. The van der Waals surface area contributed by atoms with Crippen LogP contribution in [0.15, 0.2) is 18.2 Å². The number of aliphatic carboxylic acids is 1. The maximum absolute atomic E-state index is 13.8. The monoisotopic (exact) mass is 296 g/mol. The number of benzene rings is 1. The molecule has 18 heavy (non-hydrogen) atoms. The van der Waals surface area contributed by atoms with E-state index in [1.807, 2.05) is 0 Å². The van der Waals surface area contributed by atoms with Crippen LogP contribution in [0.3, 0.4) is 0 Å². The summed E-state index contributed by atoms with van der Waals surface area (Å²) < 4.78 is 27.6.